The molecule has 1 aliphatic heterocycles. The van der Waals surface area contributed by atoms with Gasteiger partial charge in [-0.05, 0) is 19.1 Å². The maximum absolute atomic E-state index is 14.3. The summed E-state index contributed by atoms with van der Waals surface area (Å²) in [5, 5.41) is 0. The summed E-state index contributed by atoms with van der Waals surface area (Å²) in [6.45, 7) is 1.92. The Morgan fingerprint density at radius 1 is 1.39 bits per heavy atom. The fraction of sp³-hybridized carbons (Fsp3) is 0.400. The van der Waals surface area contributed by atoms with Crippen LogP contribution in [0.25, 0.3) is 5.70 Å². The average molecular weight is 464 g/mol. The summed E-state index contributed by atoms with van der Waals surface area (Å²) in [5.41, 5.74) is -0.157. The van der Waals surface area contributed by atoms with E-state index >= 15 is 0 Å². The molecule has 1 aliphatic rings. The van der Waals surface area contributed by atoms with Crippen molar-refractivity contribution >= 4 is 27.5 Å². The van der Waals surface area contributed by atoms with Gasteiger partial charge in [-0.3, -0.25) is 4.79 Å². The quantitative estimate of drug-likeness (QED) is 0.382. The van der Waals surface area contributed by atoms with Crippen LogP contribution in [0.15, 0.2) is 12.1 Å². The van der Waals surface area contributed by atoms with Crippen molar-refractivity contribution in [1.82, 2.24) is 4.90 Å². The number of halogens is 3. The fourth-order valence-electron chi connectivity index (χ4n) is 2.17. The summed E-state index contributed by atoms with van der Waals surface area (Å²) in [7, 11) is 1.41. The number of hydrogen-bond acceptors (Lipinski definition) is 3. The second-order valence-electron chi connectivity index (χ2n) is 4.59. The van der Waals surface area contributed by atoms with Gasteiger partial charge in [-0.1, -0.05) is 27.9 Å². The van der Waals surface area contributed by atoms with E-state index in [4.69, 9.17) is 4.74 Å². The molecule has 0 N–H and O–H groups in total. The van der Waals surface area contributed by atoms with Gasteiger partial charge in [-0.2, -0.15) is 0 Å². The molecule has 123 valence electrons. The van der Waals surface area contributed by atoms with E-state index in [9.17, 15) is 13.6 Å². The third-order valence-electron chi connectivity index (χ3n) is 3.16. The minimum Gasteiger partial charge on any atom is -0.467 e. The second kappa shape index (κ2) is 9.20. The van der Waals surface area contributed by atoms with Crippen molar-refractivity contribution in [3.05, 3.63) is 35.4 Å². The number of amides is 1. The second-order valence-corrected chi connectivity index (χ2v) is 5.70. The number of rotatable bonds is 5. The molecule has 1 radical (unpaired) electrons. The molecule has 23 heavy (non-hydrogen) atoms. The molecular formula is C15H15BrF2NO3Y-. The molecular weight excluding hydrogens is 449 g/mol. The first-order chi connectivity index (χ1) is 10.5. The van der Waals surface area contributed by atoms with Crippen molar-refractivity contribution in [2.75, 3.05) is 20.4 Å². The van der Waals surface area contributed by atoms with Gasteiger partial charge in [0.2, 0.25) is 5.91 Å². The van der Waals surface area contributed by atoms with E-state index in [0.29, 0.717) is 6.54 Å². The zero-order valence-corrected chi connectivity index (χ0v) is 17.2. The summed E-state index contributed by atoms with van der Waals surface area (Å²) in [6, 6.07) is 2.12. The van der Waals surface area contributed by atoms with Gasteiger partial charge in [0.05, 0.1) is 16.5 Å². The molecule has 0 bridgehead atoms. The van der Waals surface area contributed by atoms with Crippen LogP contribution in [-0.2, 0) is 42.2 Å². The molecule has 0 aromatic heterocycles. The Hall–Kier alpha value is -0.366. The first-order valence-electron chi connectivity index (χ1n) is 6.67. The van der Waals surface area contributed by atoms with E-state index < -0.39 is 16.5 Å². The molecule has 0 saturated carbocycles. The van der Waals surface area contributed by atoms with Gasteiger partial charge in [0.25, 0.3) is 0 Å². The van der Waals surface area contributed by atoms with Crippen LogP contribution in [0, 0.1) is 17.7 Å². The van der Waals surface area contributed by atoms with Crippen LogP contribution in [0.4, 0.5) is 8.78 Å². The predicted molar refractivity (Wildman–Crippen MR) is 80.2 cm³/mol. The zero-order chi connectivity index (χ0) is 16.3. The van der Waals surface area contributed by atoms with E-state index in [1.165, 1.54) is 12.0 Å². The third-order valence-corrected chi connectivity index (χ3v) is 3.88. The standard InChI is InChI=1S/C15H15BrF2NO3.Y/c1-3-19-13(5-4-10(16)15(19)20)14-11(17)6-9(7-12(14)18)22-8-21-2;/h6-7,10H,3-4,8H2,1-2H3;/q-1;. The van der Waals surface area contributed by atoms with Crippen molar-refractivity contribution in [1.29, 1.82) is 0 Å². The van der Waals surface area contributed by atoms with Crippen molar-refractivity contribution < 1.29 is 55.8 Å². The van der Waals surface area contributed by atoms with Gasteiger partial charge >= 0.3 is 0 Å². The molecule has 1 amide bonds. The summed E-state index contributed by atoms with van der Waals surface area (Å²) in [6.07, 6.45) is 3.15. The number of alkyl halides is 1. The van der Waals surface area contributed by atoms with Crippen LogP contribution < -0.4 is 4.74 Å². The molecule has 4 nitrogen and oxygen atoms in total. The molecule has 0 saturated heterocycles. The number of benzene rings is 1. The first-order valence-corrected chi connectivity index (χ1v) is 7.58. The summed E-state index contributed by atoms with van der Waals surface area (Å²) in [4.78, 5) is 13.0. The number of nitrogens with zero attached hydrogens (tertiary/aromatic N) is 1. The Kier molecular flexibility index (Phi) is 8.28. The normalized spacial score (nSPS) is 17.6. The number of carbonyl (C=O) groups excluding carboxylic acids is 1. The number of carbonyl (C=O) groups is 1. The monoisotopic (exact) mass is 463 g/mol. The van der Waals surface area contributed by atoms with E-state index in [1.54, 1.807) is 6.92 Å². The Morgan fingerprint density at radius 3 is 2.52 bits per heavy atom. The van der Waals surface area contributed by atoms with Gasteiger partial charge < -0.3 is 14.4 Å². The van der Waals surface area contributed by atoms with Crippen molar-refractivity contribution in [2.24, 2.45) is 0 Å². The predicted octanol–water partition coefficient (Wildman–Crippen LogP) is 3.10. The van der Waals surface area contributed by atoms with Crippen LogP contribution in [0.3, 0.4) is 0 Å². The van der Waals surface area contributed by atoms with Crippen LogP contribution in [-0.4, -0.2) is 36.1 Å². The summed E-state index contributed by atoms with van der Waals surface area (Å²) < 4.78 is 38.3. The molecule has 1 aromatic carbocycles. The van der Waals surface area contributed by atoms with Crippen LogP contribution in [0.2, 0.25) is 0 Å². The molecule has 0 fully saturated rings. The Labute approximate surface area is 167 Å². The maximum Gasteiger partial charge on any atom is 0.236 e. The van der Waals surface area contributed by atoms with E-state index in [0.717, 1.165) is 12.1 Å². The minimum absolute atomic E-state index is 0. The SMILES string of the molecule is CCN1C(=O)C(Br)C[C-]=C1c1c(F)cc(OCOC)cc1F.[Y]. The smallest absolute Gasteiger partial charge is 0.236 e. The van der Waals surface area contributed by atoms with Gasteiger partial charge in [0, 0.05) is 46.4 Å². The van der Waals surface area contributed by atoms with E-state index in [1.807, 2.05) is 0 Å². The van der Waals surface area contributed by atoms with E-state index in [-0.39, 0.29) is 68.8 Å². The summed E-state index contributed by atoms with van der Waals surface area (Å²) >= 11 is 3.22. The van der Waals surface area contributed by atoms with Gasteiger partial charge in [0.1, 0.15) is 5.75 Å². The number of ether oxygens (including phenoxy) is 2. The molecule has 1 heterocycles. The molecule has 8 heteroatoms. The number of methoxy groups -OCH3 is 1. The molecule has 1 aromatic rings. The summed E-state index contributed by atoms with van der Waals surface area (Å²) in [5.74, 6) is -1.85. The van der Waals surface area contributed by atoms with Crippen molar-refractivity contribution in [2.45, 2.75) is 18.2 Å². The van der Waals surface area contributed by atoms with Gasteiger partial charge in [-0.25, -0.2) is 14.9 Å². The van der Waals surface area contributed by atoms with Crippen LogP contribution >= 0.6 is 15.9 Å². The first kappa shape index (κ1) is 20.7. The van der Waals surface area contributed by atoms with Gasteiger partial charge in [-0.15, -0.1) is 5.70 Å². The van der Waals surface area contributed by atoms with Crippen LogP contribution in [0.5, 0.6) is 5.75 Å². The number of allylic oxidation sites excluding steroid dienone is 1. The maximum atomic E-state index is 14.3. The molecule has 1 atom stereocenters. The largest absolute Gasteiger partial charge is 0.467 e. The van der Waals surface area contributed by atoms with Crippen molar-refractivity contribution in [3.63, 3.8) is 0 Å². The number of hydrogen-bond donors (Lipinski definition) is 0. The van der Waals surface area contributed by atoms with E-state index in [2.05, 4.69) is 26.7 Å². The Bertz CT molecular complexity index is 589. The Morgan fingerprint density at radius 2 is 2.00 bits per heavy atom. The minimum atomic E-state index is -0.812. The van der Waals surface area contributed by atoms with Crippen molar-refractivity contribution in [3.8, 4) is 5.75 Å². The fourth-order valence-corrected chi connectivity index (χ4v) is 2.58. The third kappa shape index (κ3) is 4.59. The van der Waals surface area contributed by atoms with Gasteiger partial charge in [0.15, 0.2) is 6.79 Å². The topological polar surface area (TPSA) is 38.8 Å². The molecule has 1 unspecified atom stereocenters. The molecule has 2 rings (SSSR count). The molecule has 0 spiro atoms. The molecule has 0 aliphatic carbocycles. The Balaban J connectivity index is 0.00000264. The zero-order valence-electron chi connectivity index (χ0n) is 12.7. The average Bonchev–Trinajstić information content (AvgIpc) is 2.48. The van der Waals surface area contributed by atoms with Crippen LogP contribution in [0.1, 0.15) is 18.9 Å².